The molecule has 4 N–H and O–H groups in total. The van der Waals surface area contributed by atoms with Gasteiger partial charge in [0, 0.05) is 40.9 Å². The van der Waals surface area contributed by atoms with Gasteiger partial charge in [-0.15, -0.1) is 0 Å². The number of carboxylic acid groups (broad SMARTS) is 1. The van der Waals surface area contributed by atoms with Crippen LogP contribution in [0, 0.1) is 13.8 Å². The molecule has 3 aromatic heterocycles. The van der Waals surface area contributed by atoms with Crippen LogP contribution in [-0.2, 0) is 4.79 Å². The van der Waals surface area contributed by atoms with Crippen LogP contribution < -0.4 is 5.32 Å². The van der Waals surface area contributed by atoms with Crippen LogP contribution in [0.25, 0.3) is 16.6 Å². The summed E-state index contributed by atoms with van der Waals surface area (Å²) in [6, 6.07) is 10.5. The number of carbonyl (C=O) groups excluding carboxylic acids is 1. The third kappa shape index (κ3) is 5.11. The molecule has 1 amide bonds. The third-order valence-electron chi connectivity index (χ3n) is 4.62. The molecule has 12 heteroatoms. The summed E-state index contributed by atoms with van der Waals surface area (Å²) in [6.45, 7) is 3.86. The predicted molar refractivity (Wildman–Crippen MR) is 112 cm³/mol. The number of nitrogens with zero attached hydrogens (tertiary/aromatic N) is 3. The molecule has 0 radical (unpaired) electrons. The number of phenols is 1. The molecule has 0 spiro atoms. The van der Waals surface area contributed by atoms with Gasteiger partial charge in [-0.3, -0.25) is 14.9 Å². The number of aryl methyl sites for hydroxylation is 1. The number of aromatic nitrogens is 4. The van der Waals surface area contributed by atoms with Crippen molar-refractivity contribution in [1.82, 2.24) is 19.7 Å². The first-order valence-corrected chi connectivity index (χ1v) is 9.37. The fourth-order valence-corrected chi connectivity index (χ4v) is 3.16. The molecular formula is C21H18F3N5O4. The Hall–Kier alpha value is -4.35. The van der Waals surface area contributed by atoms with E-state index < -0.39 is 12.1 Å². The molecule has 0 aliphatic carbocycles. The molecule has 9 nitrogen and oxygen atoms in total. The fraction of sp³-hybridized carbons (Fsp3) is 0.143. The van der Waals surface area contributed by atoms with Gasteiger partial charge in [-0.1, -0.05) is 0 Å². The highest BCUT2D eigenvalue weighted by Crippen LogP contribution is 2.26. The first-order chi connectivity index (χ1) is 15.5. The molecule has 3 heterocycles. The molecule has 4 rings (SSSR count). The van der Waals surface area contributed by atoms with Gasteiger partial charge in [-0.25, -0.2) is 4.79 Å². The highest BCUT2D eigenvalue weighted by atomic mass is 19.4. The summed E-state index contributed by atoms with van der Waals surface area (Å²) in [6.07, 6.45) is -1.64. The maximum Gasteiger partial charge on any atom is 0.490 e. The van der Waals surface area contributed by atoms with Crippen molar-refractivity contribution < 1.29 is 33.0 Å². The molecule has 0 unspecified atom stereocenters. The number of pyridine rings is 1. The van der Waals surface area contributed by atoms with Gasteiger partial charge >= 0.3 is 12.1 Å². The van der Waals surface area contributed by atoms with Crippen LogP contribution >= 0.6 is 0 Å². The highest BCUT2D eigenvalue weighted by molar-refractivity contribution is 6.08. The minimum atomic E-state index is -5.08. The van der Waals surface area contributed by atoms with Crippen molar-refractivity contribution in [2.24, 2.45) is 0 Å². The average Bonchev–Trinajstić information content (AvgIpc) is 3.27. The smallest absolute Gasteiger partial charge is 0.490 e. The van der Waals surface area contributed by atoms with E-state index in [1.807, 2.05) is 36.6 Å². The van der Waals surface area contributed by atoms with Gasteiger partial charge < -0.3 is 20.1 Å². The van der Waals surface area contributed by atoms with Crippen LogP contribution in [0.3, 0.4) is 0 Å². The number of benzene rings is 1. The zero-order valence-electron chi connectivity index (χ0n) is 17.3. The van der Waals surface area contributed by atoms with E-state index in [1.54, 1.807) is 30.6 Å². The van der Waals surface area contributed by atoms with Crippen molar-refractivity contribution in [2.75, 3.05) is 5.32 Å². The van der Waals surface area contributed by atoms with Gasteiger partial charge in [0.1, 0.15) is 5.75 Å². The van der Waals surface area contributed by atoms with E-state index in [9.17, 15) is 23.1 Å². The number of hydrogen-bond donors (Lipinski definition) is 4. The summed E-state index contributed by atoms with van der Waals surface area (Å²) < 4.78 is 33.7. The number of aliphatic carboxylic acids is 1. The van der Waals surface area contributed by atoms with E-state index in [0.717, 1.165) is 22.5 Å². The van der Waals surface area contributed by atoms with Gasteiger partial charge in [0.25, 0.3) is 5.91 Å². The van der Waals surface area contributed by atoms with E-state index >= 15 is 0 Å². The van der Waals surface area contributed by atoms with Crippen molar-refractivity contribution in [3.05, 3.63) is 65.7 Å². The molecule has 0 saturated carbocycles. The summed E-state index contributed by atoms with van der Waals surface area (Å²) >= 11 is 0. The quantitative estimate of drug-likeness (QED) is 0.365. The van der Waals surface area contributed by atoms with Crippen LogP contribution in [0.1, 0.15) is 21.7 Å². The standard InChI is InChI=1S/C19H17N5O2.C2HF3O2/c1-11-9-16(12(2)24(11)13-5-7-20-8-6-13)19(26)21-18-15-4-3-14(25)10-17(15)22-23-18;3-2(4,5)1(6)7/h3-10,25H,1-2H3,(H2,21,22,23,26);(H,6,7). The molecule has 0 aliphatic heterocycles. The number of hydrogen-bond acceptors (Lipinski definition) is 5. The molecule has 0 bridgehead atoms. The molecule has 172 valence electrons. The molecule has 0 atom stereocenters. The Kier molecular flexibility index (Phi) is 6.38. The molecule has 1 aromatic carbocycles. The fourth-order valence-electron chi connectivity index (χ4n) is 3.16. The maximum absolute atomic E-state index is 12.8. The Morgan fingerprint density at radius 1 is 1.09 bits per heavy atom. The van der Waals surface area contributed by atoms with Gasteiger partial charge in [-0.2, -0.15) is 18.3 Å². The number of H-pyrrole nitrogens is 1. The second kappa shape index (κ2) is 9.02. The van der Waals surface area contributed by atoms with E-state index in [1.165, 1.54) is 0 Å². The Morgan fingerprint density at radius 2 is 1.73 bits per heavy atom. The van der Waals surface area contributed by atoms with Crippen LogP contribution in [0.15, 0.2) is 48.8 Å². The number of amides is 1. The van der Waals surface area contributed by atoms with Crippen LogP contribution in [-0.4, -0.2) is 48.0 Å². The molecule has 33 heavy (non-hydrogen) atoms. The Labute approximate surface area is 184 Å². The molecule has 0 saturated heterocycles. The Balaban J connectivity index is 0.000000383. The number of rotatable bonds is 3. The largest absolute Gasteiger partial charge is 0.508 e. The number of anilines is 1. The number of halogens is 3. The predicted octanol–water partition coefficient (Wildman–Crippen LogP) is 3.96. The maximum atomic E-state index is 12.8. The Bertz CT molecular complexity index is 1310. The molecule has 4 aromatic rings. The highest BCUT2D eigenvalue weighted by Gasteiger charge is 2.38. The van der Waals surface area contributed by atoms with Crippen molar-refractivity contribution in [1.29, 1.82) is 0 Å². The van der Waals surface area contributed by atoms with E-state index in [4.69, 9.17) is 9.90 Å². The summed E-state index contributed by atoms with van der Waals surface area (Å²) in [5, 5.41) is 27.2. The number of carbonyl (C=O) groups is 2. The van der Waals surface area contributed by atoms with Crippen molar-refractivity contribution in [2.45, 2.75) is 20.0 Å². The molecule has 0 aliphatic rings. The van der Waals surface area contributed by atoms with Crippen molar-refractivity contribution >= 4 is 28.6 Å². The molecular weight excluding hydrogens is 443 g/mol. The SMILES string of the molecule is Cc1cc(C(=O)Nc2n[nH]c3cc(O)ccc23)c(C)n1-c1ccncc1.O=C(O)C(F)(F)F. The van der Waals surface area contributed by atoms with Gasteiger partial charge in [0.2, 0.25) is 0 Å². The first kappa shape index (κ1) is 23.3. The summed E-state index contributed by atoms with van der Waals surface area (Å²) in [5.74, 6) is -2.42. The monoisotopic (exact) mass is 461 g/mol. The lowest BCUT2D eigenvalue weighted by atomic mass is 10.2. The lowest BCUT2D eigenvalue weighted by Gasteiger charge is -2.09. The summed E-state index contributed by atoms with van der Waals surface area (Å²) in [5.41, 5.74) is 3.98. The van der Waals surface area contributed by atoms with E-state index in [0.29, 0.717) is 16.9 Å². The normalized spacial score (nSPS) is 11.1. The second-order valence-corrected chi connectivity index (χ2v) is 6.88. The van der Waals surface area contributed by atoms with Gasteiger partial charge in [0.15, 0.2) is 5.82 Å². The number of alkyl halides is 3. The average molecular weight is 461 g/mol. The minimum Gasteiger partial charge on any atom is -0.508 e. The summed E-state index contributed by atoms with van der Waals surface area (Å²) in [4.78, 5) is 25.7. The number of fused-ring (bicyclic) bond motifs is 1. The van der Waals surface area contributed by atoms with Crippen molar-refractivity contribution in [3.63, 3.8) is 0 Å². The zero-order valence-corrected chi connectivity index (χ0v) is 17.3. The van der Waals surface area contributed by atoms with E-state index in [2.05, 4.69) is 20.5 Å². The zero-order chi connectivity index (χ0) is 24.3. The van der Waals surface area contributed by atoms with E-state index in [-0.39, 0.29) is 11.7 Å². The van der Waals surface area contributed by atoms with Crippen molar-refractivity contribution in [3.8, 4) is 11.4 Å². The topological polar surface area (TPSA) is 133 Å². The van der Waals surface area contributed by atoms with Crippen LogP contribution in [0.2, 0.25) is 0 Å². The summed E-state index contributed by atoms with van der Waals surface area (Å²) in [7, 11) is 0. The van der Waals surface area contributed by atoms with Gasteiger partial charge in [-0.05, 0) is 44.2 Å². The van der Waals surface area contributed by atoms with Crippen LogP contribution in [0.4, 0.5) is 19.0 Å². The van der Waals surface area contributed by atoms with Gasteiger partial charge in [0.05, 0.1) is 11.1 Å². The Morgan fingerprint density at radius 3 is 2.33 bits per heavy atom. The number of nitrogens with one attached hydrogen (secondary N) is 2. The number of phenolic OH excluding ortho intramolecular Hbond substituents is 1. The van der Waals surface area contributed by atoms with Crippen LogP contribution in [0.5, 0.6) is 5.75 Å². The molecule has 0 fully saturated rings. The number of aromatic hydroxyl groups is 1. The second-order valence-electron chi connectivity index (χ2n) is 6.88. The number of aromatic amines is 1. The lowest BCUT2D eigenvalue weighted by Crippen LogP contribution is -2.21. The third-order valence-corrected chi connectivity index (χ3v) is 4.62. The minimum absolute atomic E-state index is 0.139. The first-order valence-electron chi connectivity index (χ1n) is 9.37. The lowest BCUT2D eigenvalue weighted by molar-refractivity contribution is -0.192. The number of carboxylic acids is 1.